The summed E-state index contributed by atoms with van der Waals surface area (Å²) in [7, 11) is 1.15. The van der Waals surface area contributed by atoms with Gasteiger partial charge in [-0.05, 0) is 45.2 Å². The maximum Gasteiger partial charge on any atom is 0.216 e. The Bertz CT molecular complexity index is 368. The molecule has 0 spiro atoms. The lowest BCUT2D eigenvalue weighted by molar-refractivity contribution is 0.333. The van der Waals surface area contributed by atoms with Crippen LogP contribution in [0.4, 0.5) is 0 Å². The topological polar surface area (TPSA) is 40.6 Å². The molecule has 2 rings (SSSR count). The predicted octanol–water partition coefficient (Wildman–Crippen LogP) is 0.854. The smallest absolute Gasteiger partial charge is 0.216 e. The zero-order valence-electron chi connectivity index (χ0n) is 11.3. The Hall–Kier alpha value is -0.130. The minimum Gasteiger partial charge on any atom is -0.309 e. The number of hydrogen-bond acceptors (Lipinski definition) is 3. The van der Waals surface area contributed by atoms with Gasteiger partial charge in [-0.1, -0.05) is 6.92 Å². The van der Waals surface area contributed by atoms with Crippen LogP contribution in [-0.4, -0.2) is 56.6 Å². The average molecular weight is 260 g/mol. The molecule has 0 N–H and O–H groups in total. The van der Waals surface area contributed by atoms with Gasteiger partial charge in [0.2, 0.25) is 10.0 Å². The maximum absolute atomic E-state index is 12.2. The van der Waals surface area contributed by atoms with Crippen molar-refractivity contribution in [3.8, 4) is 0 Å². The highest BCUT2D eigenvalue weighted by Gasteiger charge is 2.57. The van der Waals surface area contributed by atoms with Gasteiger partial charge in [0.1, 0.15) is 0 Å². The van der Waals surface area contributed by atoms with Crippen LogP contribution in [0.5, 0.6) is 0 Å². The van der Waals surface area contributed by atoms with E-state index in [-0.39, 0.29) is 5.25 Å². The van der Waals surface area contributed by atoms with Crippen LogP contribution in [0.15, 0.2) is 0 Å². The summed E-state index contributed by atoms with van der Waals surface area (Å²) >= 11 is 0. The molecule has 0 radical (unpaired) electrons. The molecule has 2 aliphatic rings. The number of hydrogen-bond donors (Lipinski definition) is 0. The summed E-state index contributed by atoms with van der Waals surface area (Å²) in [5, 5.41) is -0.229. The fraction of sp³-hybridized carbons (Fsp3) is 1.00. The van der Waals surface area contributed by atoms with E-state index in [1.54, 1.807) is 4.31 Å². The molecule has 1 heterocycles. The molecule has 17 heavy (non-hydrogen) atoms. The second-order valence-corrected chi connectivity index (χ2v) is 8.19. The van der Waals surface area contributed by atoms with Crippen molar-refractivity contribution in [3.05, 3.63) is 0 Å². The molecule has 4 atom stereocenters. The molecular weight excluding hydrogens is 236 g/mol. The van der Waals surface area contributed by atoms with Crippen LogP contribution in [0.2, 0.25) is 0 Å². The fourth-order valence-corrected chi connectivity index (χ4v) is 4.67. The summed E-state index contributed by atoms with van der Waals surface area (Å²) < 4.78 is 26.1. The van der Waals surface area contributed by atoms with E-state index in [0.29, 0.717) is 18.3 Å². The van der Waals surface area contributed by atoms with Crippen molar-refractivity contribution in [1.29, 1.82) is 0 Å². The lowest BCUT2D eigenvalue weighted by atomic mass is 10.3. The van der Waals surface area contributed by atoms with Crippen molar-refractivity contribution in [1.82, 2.24) is 9.21 Å². The van der Waals surface area contributed by atoms with Crippen LogP contribution in [0.25, 0.3) is 0 Å². The molecule has 0 aromatic carbocycles. The van der Waals surface area contributed by atoms with Crippen LogP contribution in [0.1, 0.15) is 20.3 Å². The second kappa shape index (κ2) is 4.52. The molecular formula is C12H24N2O2S. The van der Waals surface area contributed by atoms with E-state index in [1.807, 2.05) is 13.8 Å². The molecule has 1 aliphatic carbocycles. The first-order valence-corrected chi connectivity index (χ1v) is 8.02. The first-order chi connectivity index (χ1) is 7.87. The van der Waals surface area contributed by atoms with Crippen molar-refractivity contribution in [2.24, 2.45) is 17.8 Å². The SMILES string of the molecule is CCC(C)S(=O)(=O)N1C[C@@H]2C(CN(C)C)[C@@H]2C1. The third-order valence-electron chi connectivity index (χ3n) is 4.36. The van der Waals surface area contributed by atoms with Crippen molar-refractivity contribution in [2.45, 2.75) is 25.5 Å². The van der Waals surface area contributed by atoms with Gasteiger partial charge in [0.05, 0.1) is 5.25 Å². The molecule has 2 unspecified atom stereocenters. The Balaban J connectivity index is 1.91. The number of fused-ring (bicyclic) bond motifs is 1. The van der Waals surface area contributed by atoms with Gasteiger partial charge in [-0.3, -0.25) is 0 Å². The number of nitrogens with zero attached hydrogens (tertiary/aromatic N) is 2. The van der Waals surface area contributed by atoms with Gasteiger partial charge >= 0.3 is 0 Å². The van der Waals surface area contributed by atoms with Gasteiger partial charge in [0.25, 0.3) is 0 Å². The Morgan fingerprint density at radius 2 is 1.82 bits per heavy atom. The Morgan fingerprint density at radius 3 is 2.24 bits per heavy atom. The van der Waals surface area contributed by atoms with Crippen LogP contribution >= 0.6 is 0 Å². The fourth-order valence-electron chi connectivity index (χ4n) is 2.98. The van der Waals surface area contributed by atoms with Crippen LogP contribution in [0.3, 0.4) is 0 Å². The maximum atomic E-state index is 12.2. The van der Waals surface area contributed by atoms with Crippen LogP contribution < -0.4 is 0 Å². The van der Waals surface area contributed by atoms with Gasteiger partial charge in [-0.25, -0.2) is 12.7 Å². The Kier molecular flexibility index (Phi) is 3.54. The first kappa shape index (κ1) is 13.3. The molecule has 0 aromatic heterocycles. The highest BCUT2D eigenvalue weighted by molar-refractivity contribution is 7.89. The summed E-state index contributed by atoms with van der Waals surface area (Å²) in [5.74, 6) is 1.97. The first-order valence-electron chi connectivity index (χ1n) is 6.51. The zero-order valence-corrected chi connectivity index (χ0v) is 12.1. The van der Waals surface area contributed by atoms with Crippen molar-refractivity contribution in [3.63, 3.8) is 0 Å². The van der Waals surface area contributed by atoms with E-state index >= 15 is 0 Å². The lowest BCUT2D eigenvalue weighted by Gasteiger charge is -2.23. The third-order valence-corrected chi connectivity index (χ3v) is 6.73. The molecule has 1 saturated heterocycles. The molecule has 100 valence electrons. The van der Waals surface area contributed by atoms with E-state index in [1.165, 1.54) is 0 Å². The predicted molar refractivity (Wildman–Crippen MR) is 69.3 cm³/mol. The Labute approximate surface area is 105 Å². The molecule has 5 heteroatoms. The van der Waals surface area contributed by atoms with E-state index in [9.17, 15) is 8.42 Å². The molecule has 1 saturated carbocycles. The van der Waals surface area contributed by atoms with Crippen LogP contribution in [-0.2, 0) is 10.0 Å². The second-order valence-electron chi connectivity index (χ2n) is 5.83. The van der Waals surface area contributed by atoms with Gasteiger partial charge in [0.15, 0.2) is 0 Å². The summed E-state index contributed by atoms with van der Waals surface area (Å²) in [6.07, 6.45) is 0.704. The lowest BCUT2D eigenvalue weighted by Crippen LogP contribution is -2.38. The summed E-state index contributed by atoms with van der Waals surface area (Å²) in [6.45, 7) is 6.38. The standard InChI is InChI=1S/C12H24N2O2S/c1-5-9(2)17(15,16)14-7-11-10(6-13(3)4)12(11)8-14/h9-12H,5-8H2,1-4H3/t9?,10?,11-,12+. The monoisotopic (exact) mass is 260 g/mol. The van der Waals surface area contributed by atoms with E-state index < -0.39 is 10.0 Å². The third kappa shape index (κ3) is 2.37. The zero-order chi connectivity index (χ0) is 12.8. The van der Waals surface area contributed by atoms with Gasteiger partial charge in [0, 0.05) is 19.6 Å². The minimum absolute atomic E-state index is 0.229. The molecule has 0 bridgehead atoms. The molecule has 0 amide bonds. The average Bonchev–Trinajstić information content (AvgIpc) is 2.73. The van der Waals surface area contributed by atoms with Crippen molar-refractivity contribution >= 4 is 10.0 Å². The van der Waals surface area contributed by atoms with E-state index in [2.05, 4.69) is 19.0 Å². The largest absolute Gasteiger partial charge is 0.309 e. The Morgan fingerprint density at radius 1 is 1.29 bits per heavy atom. The highest BCUT2D eigenvalue weighted by Crippen LogP contribution is 2.52. The van der Waals surface area contributed by atoms with Crippen molar-refractivity contribution < 1.29 is 8.42 Å². The van der Waals surface area contributed by atoms with Gasteiger partial charge < -0.3 is 4.90 Å². The highest BCUT2D eigenvalue weighted by atomic mass is 32.2. The normalized spacial score (nSPS) is 35.0. The number of rotatable bonds is 5. The van der Waals surface area contributed by atoms with Crippen LogP contribution in [0, 0.1) is 17.8 Å². The van der Waals surface area contributed by atoms with Gasteiger partial charge in [-0.2, -0.15) is 0 Å². The van der Waals surface area contributed by atoms with E-state index in [4.69, 9.17) is 0 Å². The van der Waals surface area contributed by atoms with Gasteiger partial charge in [-0.15, -0.1) is 0 Å². The summed E-state index contributed by atoms with van der Waals surface area (Å²) in [5.41, 5.74) is 0. The number of piperidine rings is 1. The quantitative estimate of drug-likeness (QED) is 0.736. The number of sulfonamides is 1. The van der Waals surface area contributed by atoms with E-state index in [0.717, 1.165) is 25.6 Å². The van der Waals surface area contributed by atoms with Crippen molar-refractivity contribution in [2.75, 3.05) is 33.7 Å². The summed E-state index contributed by atoms with van der Waals surface area (Å²) in [4.78, 5) is 2.20. The molecule has 0 aromatic rings. The molecule has 4 nitrogen and oxygen atoms in total. The molecule has 2 fully saturated rings. The minimum atomic E-state index is -3.02. The molecule has 1 aliphatic heterocycles. The summed E-state index contributed by atoms with van der Waals surface area (Å²) in [6, 6.07) is 0.